The van der Waals surface area contributed by atoms with Gasteiger partial charge in [-0.05, 0) is 42.7 Å². The molecular formula is C15H26OS. The third-order valence-corrected chi connectivity index (χ3v) is 4.28. The molecule has 1 aromatic rings. The lowest BCUT2D eigenvalue weighted by Gasteiger charge is -2.24. The Morgan fingerprint density at radius 3 is 2.41 bits per heavy atom. The number of hydrogen-bond acceptors (Lipinski definition) is 2. The Morgan fingerprint density at radius 1 is 1.29 bits per heavy atom. The van der Waals surface area contributed by atoms with Crippen LogP contribution < -0.4 is 0 Å². The fraction of sp³-hybridized carbons (Fsp3) is 0.733. The molecule has 0 aliphatic heterocycles. The van der Waals surface area contributed by atoms with Crippen LogP contribution in [0.25, 0.3) is 0 Å². The predicted octanol–water partition coefficient (Wildman–Crippen LogP) is 4.81. The summed E-state index contributed by atoms with van der Waals surface area (Å²) < 4.78 is 0. The standard InChI is InChI=1S/C15H26OS/c1-6-12-7-8-14(17-12)13(16)9-11(2)10-15(3,4)5/h7-8,11,13,16H,6,9-10H2,1-5H3. The number of aryl methyl sites for hydroxylation is 1. The molecule has 0 radical (unpaired) electrons. The predicted molar refractivity (Wildman–Crippen MR) is 76.5 cm³/mol. The minimum absolute atomic E-state index is 0.280. The Hall–Kier alpha value is -0.340. The summed E-state index contributed by atoms with van der Waals surface area (Å²) in [4.78, 5) is 2.49. The maximum absolute atomic E-state index is 10.2. The van der Waals surface area contributed by atoms with Crippen LogP contribution >= 0.6 is 11.3 Å². The quantitative estimate of drug-likeness (QED) is 0.799. The molecule has 1 nitrogen and oxygen atoms in total. The highest BCUT2D eigenvalue weighted by Gasteiger charge is 2.19. The summed E-state index contributed by atoms with van der Waals surface area (Å²) >= 11 is 1.75. The second-order valence-corrected chi connectivity index (χ2v) is 7.48. The van der Waals surface area contributed by atoms with Crippen molar-refractivity contribution in [3.05, 3.63) is 21.9 Å². The van der Waals surface area contributed by atoms with Gasteiger partial charge in [-0.3, -0.25) is 0 Å². The van der Waals surface area contributed by atoms with Crippen molar-refractivity contribution in [1.82, 2.24) is 0 Å². The van der Waals surface area contributed by atoms with Crippen molar-refractivity contribution >= 4 is 11.3 Å². The first-order valence-corrected chi connectivity index (χ1v) is 7.40. The highest BCUT2D eigenvalue weighted by Crippen LogP contribution is 2.32. The van der Waals surface area contributed by atoms with E-state index in [9.17, 15) is 5.11 Å². The highest BCUT2D eigenvalue weighted by molar-refractivity contribution is 7.12. The van der Waals surface area contributed by atoms with E-state index in [4.69, 9.17) is 0 Å². The molecule has 1 heterocycles. The Balaban J connectivity index is 2.51. The molecule has 0 bridgehead atoms. The van der Waals surface area contributed by atoms with Gasteiger partial charge in [-0.1, -0.05) is 34.6 Å². The average molecular weight is 254 g/mol. The van der Waals surface area contributed by atoms with E-state index in [0.29, 0.717) is 11.3 Å². The first kappa shape index (κ1) is 14.7. The van der Waals surface area contributed by atoms with Gasteiger partial charge in [0, 0.05) is 9.75 Å². The molecule has 2 atom stereocenters. The molecular weight excluding hydrogens is 228 g/mol. The Bertz CT molecular complexity index is 335. The maximum Gasteiger partial charge on any atom is 0.0884 e. The summed E-state index contributed by atoms with van der Waals surface area (Å²) in [6, 6.07) is 4.22. The van der Waals surface area contributed by atoms with Crippen molar-refractivity contribution in [2.24, 2.45) is 11.3 Å². The van der Waals surface area contributed by atoms with E-state index in [0.717, 1.165) is 24.1 Å². The maximum atomic E-state index is 10.2. The lowest BCUT2D eigenvalue weighted by atomic mass is 9.83. The summed E-state index contributed by atoms with van der Waals surface area (Å²) in [5, 5.41) is 10.2. The summed E-state index contributed by atoms with van der Waals surface area (Å²) in [6.07, 6.45) is 2.82. The van der Waals surface area contributed by atoms with E-state index >= 15 is 0 Å². The van der Waals surface area contributed by atoms with Gasteiger partial charge < -0.3 is 5.11 Å². The molecule has 1 rings (SSSR count). The summed E-state index contributed by atoms with van der Waals surface area (Å²) in [7, 11) is 0. The lowest BCUT2D eigenvalue weighted by Crippen LogP contribution is -2.13. The van der Waals surface area contributed by atoms with Crippen molar-refractivity contribution in [2.45, 2.75) is 60.0 Å². The molecule has 2 unspecified atom stereocenters. The average Bonchev–Trinajstić information content (AvgIpc) is 2.62. The molecule has 0 amide bonds. The fourth-order valence-corrected chi connectivity index (χ4v) is 3.34. The molecule has 0 spiro atoms. The van der Waals surface area contributed by atoms with Crippen LogP contribution in [0.5, 0.6) is 0 Å². The topological polar surface area (TPSA) is 20.2 Å². The smallest absolute Gasteiger partial charge is 0.0884 e. The van der Waals surface area contributed by atoms with E-state index < -0.39 is 0 Å². The number of rotatable bonds is 5. The number of aliphatic hydroxyl groups excluding tert-OH is 1. The third kappa shape index (κ3) is 5.22. The molecule has 2 heteroatoms. The first-order valence-electron chi connectivity index (χ1n) is 6.58. The fourth-order valence-electron chi connectivity index (χ4n) is 2.39. The normalized spacial score (nSPS) is 15.9. The van der Waals surface area contributed by atoms with Crippen LogP contribution in [0.1, 0.15) is 63.3 Å². The minimum Gasteiger partial charge on any atom is -0.388 e. The molecule has 1 aromatic heterocycles. The summed E-state index contributed by atoms with van der Waals surface area (Å²) in [6.45, 7) is 11.2. The Kier molecular flexibility index (Phi) is 5.21. The van der Waals surface area contributed by atoms with Crippen molar-refractivity contribution in [1.29, 1.82) is 0 Å². The van der Waals surface area contributed by atoms with Crippen LogP contribution in [0.15, 0.2) is 12.1 Å². The highest BCUT2D eigenvalue weighted by atomic mass is 32.1. The van der Waals surface area contributed by atoms with Crippen LogP contribution in [-0.2, 0) is 6.42 Å². The molecule has 0 aromatic carbocycles. The van der Waals surface area contributed by atoms with Gasteiger partial charge in [-0.15, -0.1) is 11.3 Å². The molecule has 0 aliphatic carbocycles. The van der Waals surface area contributed by atoms with Gasteiger partial charge in [-0.25, -0.2) is 0 Å². The van der Waals surface area contributed by atoms with Crippen LogP contribution in [0.2, 0.25) is 0 Å². The second kappa shape index (κ2) is 6.01. The largest absolute Gasteiger partial charge is 0.388 e. The van der Waals surface area contributed by atoms with Crippen molar-refractivity contribution in [2.75, 3.05) is 0 Å². The van der Waals surface area contributed by atoms with Gasteiger partial charge in [0.05, 0.1) is 6.10 Å². The molecule has 0 aliphatic rings. The van der Waals surface area contributed by atoms with Gasteiger partial charge in [0.15, 0.2) is 0 Å². The molecule has 1 N–H and O–H groups in total. The van der Waals surface area contributed by atoms with E-state index in [1.165, 1.54) is 4.88 Å². The third-order valence-electron chi connectivity index (χ3n) is 2.95. The Morgan fingerprint density at radius 2 is 1.94 bits per heavy atom. The van der Waals surface area contributed by atoms with Crippen molar-refractivity contribution in [3.8, 4) is 0 Å². The zero-order chi connectivity index (χ0) is 13.1. The van der Waals surface area contributed by atoms with Crippen molar-refractivity contribution in [3.63, 3.8) is 0 Å². The number of thiophene rings is 1. The second-order valence-electron chi connectivity index (χ2n) is 6.28. The van der Waals surface area contributed by atoms with E-state index in [1.807, 2.05) is 0 Å². The van der Waals surface area contributed by atoms with Gasteiger partial charge in [0.2, 0.25) is 0 Å². The van der Waals surface area contributed by atoms with Gasteiger partial charge in [-0.2, -0.15) is 0 Å². The zero-order valence-corrected chi connectivity index (χ0v) is 12.6. The van der Waals surface area contributed by atoms with Crippen LogP contribution in [0.4, 0.5) is 0 Å². The van der Waals surface area contributed by atoms with Gasteiger partial charge in [0.25, 0.3) is 0 Å². The Labute approximate surface area is 110 Å². The molecule has 0 saturated carbocycles. The van der Waals surface area contributed by atoms with Crippen LogP contribution in [0.3, 0.4) is 0 Å². The van der Waals surface area contributed by atoms with Crippen LogP contribution in [-0.4, -0.2) is 5.11 Å². The SMILES string of the molecule is CCc1ccc(C(O)CC(C)CC(C)(C)C)s1. The monoisotopic (exact) mass is 254 g/mol. The van der Waals surface area contributed by atoms with Crippen molar-refractivity contribution < 1.29 is 5.11 Å². The van der Waals surface area contributed by atoms with E-state index in [1.54, 1.807) is 11.3 Å². The van der Waals surface area contributed by atoms with Gasteiger partial charge in [0.1, 0.15) is 0 Å². The summed E-state index contributed by atoms with van der Waals surface area (Å²) in [5.41, 5.74) is 0.350. The minimum atomic E-state index is -0.280. The number of aliphatic hydroxyl groups is 1. The molecule has 17 heavy (non-hydrogen) atoms. The van der Waals surface area contributed by atoms with Crippen LogP contribution in [0, 0.1) is 11.3 Å². The molecule has 0 saturated heterocycles. The van der Waals surface area contributed by atoms with Gasteiger partial charge >= 0.3 is 0 Å². The molecule has 98 valence electrons. The first-order chi connectivity index (χ1) is 7.81. The summed E-state index contributed by atoms with van der Waals surface area (Å²) in [5.74, 6) is 0.567. The lowest BCUT2D eigenvalue weighted by molar-refractivity contribution is 0.137. The molecule has 0 fully saturated rings. The zero-order valence-electron chi connectivity index (χ0n) is 11.8. The number of hydrogen-bond donors (Lipinski definition) is 1. The van der Waals surface area contributed by atoms with E-state index in [-0.39, 0.29) is 6.10 Å². The van der Waals surface area contributed by atoms with E-state index in [2.05, 4.69) is 46.8 Å².